The number of hydrogen-bond donors (Lipinski definition) is 3. The van der Waals surface area contributed by atoms with E-state index in [-0.39, 0.29) is 24.8 Å². The van der Waals surface area contributed by atoms with Crippen LogP contribution in [0.25, 0.3) is 0 Å². The van der Waals surface area contributed by atoms with E-state index in [0.717, 1.165) is 0 Å². The second kappa shape index (κ2) is 9.37. The molecule has 0 aromatic carbocycles. The van der Waals surface area contributed by atoms with Crippen molar-refractivity contribution in [2.45, 2.75) is 60.0 Å². The van der Waals surface area contributed by atoms with Gasteiger partial charge in [0, 0.05) is 31.5 Å². The zero-order valence-corrected chi connectivity index (χ0v) is 15.2. The molecule has 0 spiro atoms. The van der Waals surface area contributed by atoms with Crippen molar-refractivity contribution in [3.63, 3.8) is 0 Å². The first-order chi connectivity index (χ1) is 10.4. The summed E-state index contributed by atoms with van der Waals surface area (Å²) in [5.74, 6) is -0.159. The lowest BCUT2D eigenvalue weighted by Crippen LogP contribution is -2.37. The fraction of sp³-hybridized carbons (Fsp3) is 0.812. The molecule has 3 amide bonds. The first kappa shape index (κ1) is 21.2. The number of ether oxygens (including phenoxy) is 1. The Morgan fingerprint density at radius 1 is 0.826 bits per heavy atom. The summed E-state index contributed by atoms with van der Waals surface area (Å²) < 4.78 is 5.06. The molecule has 0 rings (SSSR count). The van der Waals surface area contributed by atoms with E-state index in [1.54, 1.807) is 20.8 Å². The van der Waals surface area contributed by atoms with Gasteiger partial charge in [-0.2, -0.15) is 0 Å². The minimum absolute atomic E-state index is 0.00890. The smallest absolute Gasteiger partial charge is 0.407 e. The van der Waals surface area contributed by atoms with Gasteiger partial charge in [0.25, 0.3) is 0 Å². The average Bonchev–Trinajstić information content (AvgIpc) is 2.34. The Morgan fingerprint density at radius 2 is 1.39 bits per heavy atom. The summed E-state index contributed by atoms with van der Waals surface area (Å²) in [6.45, 7) is 12.1. The number of carbonyl (C=O) groups excluding carboxylic acids is 3. The van der Waals surface area contributed by atoms with Crippen molar-refractivity contribution in [3.8, 4) is 0 Å². The molecule has 3 N–H and O–H groups in total. The van der Waals surface area contributed by atoms with Crippen molar-refractivity contribution < 1.29 is 19.1 Å². The maximum atomic E-state index is 11.6. The van der Waals surface area contributed by atoms with Gasteiger partial charge in [0.2, 0.25) is 11.8 Å². The van der Waals surface area contributed by atoms with Crippen LogP contribution in [0.1, 0.15) is 54.4 Å². The van der Waals surface area contributed by atoms with E-state index >= 15 is 0 Å². The van der Waals surface area contributed by atoms with Gasteiger partial charge >= 0.3 is 6.09 Å². The molecule has 0 atom stereocenters. The van der Waals surface area contributed by atoms with Crippen LogP contribution in [0, 0.1) is 5.41 Å². The molecule has 7 heteroatoms. The number of hydrogen-bond acceptors (Lipinski definition) is 4. The molecule has 0 heterocycles. The van der Waals surface area contributed by atoms with Crippen molar-refractivity contribution in [2.24, 2.45) is 5.41 Å². The lowest BCUT2D eigenvalue weighted by atomic mass is 9.96. The standard InChI is InChI=1S/C16H31N3O4/c1-15(2,3)13(21)18-10-7-9-17-12(20)8-11-19-14(22)23-16(4,5)6/h7-11H2,1-6H3,(H,17,20)(H,18,21)(H,19,22). The van der Waals surface area contributed by atoms with Gasteiger partial charge in [-0.05, 0) is 27.2 Å². The molecule has 23 heavy (non-hydrogen) atoms. The summed E-state index contributed by atoms with van der Waals surface area (Å²) in [4.78, 5) is 34.6. The van der Waals surface area contributed by atoms with E-state index in [4.69, 9.17) is 4.74 Å². The van der Waals surface area contributed by atoms with Crippen LogP contribution in [0.5, 0.6) is 0 Å². The predicted molar refractivity (Wildman–Crippen MR) is 88.9 cm³/mol. The minimum Gasteiger partial charge on any atom is -0.444 e. The quantitative estimate of drug-likeness (QED) is 0.618. The lowest BCUT2D eigenvalue weighted by molar-refractivity contribution is -0.128. The third-order valence-electron chi connectivity index (χ3n) is 2.66. The molecule has 0 aliphatic carbocycles. The van der Waals surface area contributed by atoms with Gasteiger partial charge in [-0.15, -0.1) is 0 Å². The molecule has 7 nitrogen and oxygen atoms in total. The average molecular weight is 329 g/mol. The second-order valence-electron chi connectivity index (χ2n) is 7.39. The van der Waals surface area contributed by atoms with Gasteiger partial charge in [0.05, 0.1) is 0 Å². The van der Waals surface area contributed by atoms with E-state index < -0.39 is 17.1 Å². The fourth-order valence-electron chi connectivity index (χ4n) is 1.46. The summed E-state index contributed by atoms with van der Waals surface area (Å²) in [5.41, 5.74) is -0.958. The summed E-state index contributed by atoms with van der Waals surface area (Å²) in [5, 5.41) is 8.07. The Hall–Kier alpha value is -1.79. The summed E-state index contributed by atoms with van der Waals surface area (Å²) in [6.07, 6.45) is 0.316. The van der Waals surface area contributed by atoms with E-state index in [0.29, 0.717) is 19.5 Å². The van der Waals surface area contributed by atoms with Crippen LogP contribution in [-0.2, 0) is 14.3 Å². The van der Waals surface area contributed by atoms with Crippen LogP contribution in [0.4, 0.5) is 4.79 Å². The van der Waals surface area contributed by atoms with Crippen molar-refractivity contribution in [2.75, 3.05) is 19.6 Å². The largest absolute Gasteiger partial charge is 0.444 e. The second-order valence-corrected chi connectivity index (χ2v) is 7.39. The zero-order chi connectivity index (χ0) is 18.1. The van der Waals surface area contributed by atoms with Gasteiger partial charge in [-0.1, -0.05) is 20.8 Å². The molecule has 134 valence electrons. The highest BCUT2D eigenvalue weighted by Gasteiger charge is 2.20. The maximum absolute atomic E-state index is 11.6. The van der Waals surface area contributed by atoms with Crippen LogP contribution < -0.4 is 16.0 Å². The lowest BCUT2D eigenvalue weighted by Gasteiger charge is -2.19. The van der Waals surface area contributed by atoms with E-state index in [2.05, 4.69) is 16.0 Å². The topological polar surface area (TPSA) is 96.5 Å². The first-order valence-electron chi connectivity index (χ1n) is 7.93. The van der Waals surface area contributed by atoms with Crippen molar-refractivity contribution in [1.82, 2.24) is 16.0 Å². The van der Waals surface area contributed by atoms with Gasteiger partial charge < -0.3 is 20.7 Å². The highest BCUT2D eigenvalue weighted by Crippen LogP contribution is 2.12. The molecular formula is C16H31N3O4. The van der Waals surface area contributed by atoms with E-state index in [9.17, 15) is 14.4 Å². The molecule has 0 aliphatic rings. The molecule has 0 unspecified atom stereocenters. The zero-order valence-electron chi connectivity index (χ0n) is 15.2. The van der Waals surface area contributed by atoms with Crippen LogP contribution in [0.15, 0.2) is 0 Å². The third-order valence-corrected chi connectivity index (χ3v) is 2.66. The van der Waals surface area contributed by atoms with Crippen LogP contribution in [0.3, 0.4) is 0 Å². The Labute approximate surface area is 138 Å². The van der Waals surface area contributed by atoms with Gasteiger partial charge in [0.15, 0.2) is 0 Å². The SMILES string of the molecule is CC(C)(C)OC(=O)NCCC(=O)NCCCNC(=O)C(C)(C)C. The number of alkyl carbamates (subject to hydrolysis) is 1. The van der Waals surface area contributed by atoms with Crippen LogP contribution in [-0.4, -0.2) is 43.1 Å². The number of amides is 3. The Balaban J connectivity index is 3.66. The number of rotatable bonds is 7. The van der Waals surface area contributed by atoms with Crippen LogP contribution >= 0.6 is 0 Å². The molecule has 0 aromatic rings. The predicted octanol–water partition coefficient (Wildman–Crippen LogP) is 1.57. The monoisotopic (exact) mass is 329 g/mol. The molecule has 0 saturated carbocycles. The highest BCUT2D eigenvalue weighted by atomic mass is 16.6. The van der Waals surface area contributed by atoms with Gasteiger partial charge in [0.1, 0.15) is 5.60 Å². The molecular weight excluding hydrogens is 298 g/mol. The molecule has 0 aliphatic heterocycles. The van der Waals surface area contributed by atoms with Crippen molar-refractivity contribution >= 4 is 17.9 Å². The third kappa shape index (κ3) is 12.4. The molecule has 0 aromatic heterocycles. The van der Waals surface area contributed by atoms with E-state index in [1.807, 2.05) is 20.8 Å². The molecule has 0 bridgehead atoms. The number of carbonyl (C=O) groups is 3. The van der Waals surface area contributed by atoms with Gasteiger partial charge in [-0.3, -0.25) is 9.59 Å². The Morgan fingerprint density at radius 3 is 1.91 bits per heavy atom. The first-order valence-corrected chi connectivity index (χ1v) is 7.93. The normalized spacial score (nSPS) is 11.6. The Kier molecular flexibility index (Phi) is 8.64. The summed E-state index contributed by atoms with van der Waals surface area (Å²) >= 11 is 0. The summed E-state index contributed by atoms with van der Waals surface area (Å²) in [7, 11) is 0. The fourth-order valence-corrected chi connectivity index (χ4v) is 1.46. The van der Waals surface area contributed by atoms with E-state index in [1.165, 1.54) is 0 Å². The van der Waals surface area contributed by atoms with Crippen molar-refractivity contribution in [3.05, 3.63) is 0 Å². The summed E-state index contributed by atoms with van der Waals surface area (Å²) in [6, 6.07) is 0. The minimum atomic E-state index is -0.552. The molecule has 0 saturated heterocycles. The van der Waals surface area contributed by atoms with Crippen LogP contribution in [0.2, 0.25) is 0 Å². The molecule has 0 radical (unpaired) electrons. The highest BCUT2D eigenvalue weighted by molar-refractivity contribution is 5.81. The maximum Gasteiger partial charge on any atom is 0.407 e. The number of nitrogens with one attached hydrogen (secondary N) is 3. The molecule has 0 fully saturated rings. The van der Waals surface area contributed by atoms with Gasteiger partial charge in [-0.25, -0.2) is 4.79 Å². The van der Waals surface area contributed by atoms with Crippen molar-refractivity contribution in [1.29, 1.82) is 0 Å². The Bertz CT molecular complexity index is 409.